The van der Waals surface area contributed by atoms with Crippen LogP contribution in [0.25, 0.3) is 6.08 Å². The molecule has 1 aliphatic rings. The van der Waals surface area contributed by atoms with E-state index in [9.17, 15) is 24.9 Å². The van der Waals surface area contributed by atoms with Crippen molar-refractivity contribution in [3.8, 4) is 11.5 Å². The van der Waals surface area contributed by atoms with E-state index < -0.39 is 24.0 Å². The molecule has 7 nitrogen and oxygen atoms in total. The Bertz CT molecular complexity index is 695. The maximum atomic E-state index is 12.4. The largest absolute Gasteiger partial charge is 0.507 e. The summed E-state index contributed by atoms with van der Waals surface area (Å²) in [5.41, 5.74) is 0.349. The minimum atomic E-state index is -1.46. The zero-order valence-electron chi connectivity index (χ0n) is 14.8. The molecule has 3 atom stereocenters. The zero-order chi connectivity index (χ0) is 19.3. The lowest BCUT2D eigenvalue weighted by molar-refractivity contribution is -0.133. The number of rotatable bonds is 1. The number of Topliss-reactive ketones (excluding diaryl/α,β-unsaturated/α-hetero) is 1. The standard InChI is InChI=1S/C19H24O7/c1-11-6-7-15(21)18(23)14(20)5-3-4-12-8-13(25-2)9-16(22)17(12)19(24)26-10-11/h3-4,8-9,11,14,18,20,22-23H,5-7,10H2,1-2H3/b4-3+/t11-,14?,18?/m1/s1. The first-order valence-corrected chi connectivity index (χ1v) is 8.47. The number of aromatic hydroxyl groups is 1. The number of carbonyl (C=O) groups is 2. The second-order valence-corrected chi connectivity index (χ2v) is 6.47. The lowest BCUT2D eigenvalue weighted by Gasteiger charge is -2.18. The molecular formula is C19H24O7. The molecule has 2 rings (SSSR count). The maximum absolute atomic E-state index is 12.4. The molecule has 1 aromatic carbocycles. The highest BCUT2D eigenvalue weighted by Gasteiger charge is 2.25. The molecule has 0 aromatic heterocycles. The number of phenols is 1. The number of ketones is 1. The van der Waals surface area contributed by atoms with Crippen molar-refractivity contribution in [1.82, 2.24) is 0 Å². The van der Waals surface area contributed by atoms with Gasteiger partial charge in [0.2, 0.25) is 0 Å². The van der Waals surface area contributed by atoms with E-state index in [1.54, 1.807) is 6.07 Å². The number of esters is 1. The number of carbonyl (C=O) groups excluding carboxylic acids is 2. The lowest BCUT2D eigenvalue weighted by Crippen LogP contribution is -2.33. The molecule has 0 spiro atoms. The van der Waals surface area contributed by atoms with Crippen molar-refractivity contribution in [3.05, 3.63) is 29.3 Å². The number of fused-ring (bicyclic) bond motifs is 1. The summed E-state index contributed by atoms with van der Waals surface area (Å²) in [6.07, 6.45) is 0.818. The smallest absolute Gasteiger partial charge is 0.342 e. The normalized spacial score (nSPS) is 26.4. The number of methoxy groups -OCH3 is 1. The van der Waals surface area contributed by atoms with Crippen molar-refractivity contribution in [2.45, 2.75) is 38.4 Å². The van der Waals surface area contributed by atoms with E-state index in [2.05, 4.69) is 0 Å². The number of ether oxygens (including phenoxy) is 2. The molecule has 0 saturated carbocycles. The molecule has 26 heavy (non-hydrogen) atoms. The molecule has 2 unspecified atom stereocenters. The molecule has 142 valence electrons. The topological polar surface area (TPSA) is 113 Å². The van der Waals surface area contributed by atoms with E-state index in [-0.39, 0.29) is 36.7 Å². The number of aliphatic hydroxyl groups excluding tert-OH is 2. The van der Waals surface area contributed by atoms with Crippen molar-refractivity contribution in [1.29, 1.82) is 0 Å². The molecule has 3 N–H and O–H groups in total. The summed E-state index contributed by atoms with van der Waals surface area (Å²) < 4.78 is 10.4. The Balaban J connectivity index is 2.40. The van der Waals surface area contributed by atoms with Gasteiger partial charge in [-0.15, -0.1) is 0 Å². The number of benzene rings is 1. The van der Waals surface area contributed by atoms with E-state index in [4.69, 9.17) is 9.47 Å². The van der Waals surface area contributed by atoms with Crippen LogP contribution in [0.15, 0.2) is 18.2 Å². The summed E-state index contributed by atoms with van der Waals surface area (Å²) in [6.45, 7) is 1.88. The van der Waals surface area contributed by atoms with Crippen molar-refractivity contribution in [2.75, 3.05) is 13.7 Å². The van der Waals surface area contributed by atoms with Crippen LogP contribution in [-0.2, 0) is 9.53 Å². The van der Waals surface area contributed by atoms with Gasteiger partial charge in [0.05, 0.1) is 19.8 Å². The van der Waals surface area contributed by atoms with Crippen LogP contribution >= 0.6 is 0 Å². The van der Waals surface area contributed by atoms with E-state index in [0.29, 0.717) is 17.7 Å². The average molecular weight is 364 g/mol. The highest BCUT2D eigenvalue weighted by molar-refractivity contribution is 5.97. The molecule has 0 aliphatic carbocycles. The summed E-state index contributed by atoms with van der Waals surface area (Å²) >= 11 is 0. The van der Waals surface area contributed by atoms with Crippen LogP contribution in [-0.4, -0.2) is 53.0 Å². The van der Waals surface area contributed by atoms with Gasteiger partial charge in [0, 0.05) is 12.5 Å². The van der Waals surface area contributed by atoms with Crippen LogP contribution in [0.1, 0.15) is 42.1 Å². The maximum Gasteiger partial charge on any atom is 0.342 e. The number of hydrogen-bond donors (Lipinski definition) is 3. The van der Waals surface area contributed by atoms with Crippen LogP contribution in [0.3, 0.4) is 0 Å². The van der Waals surface area contributed by atoms with Crippen LogP contribution in [0.2, 0.25) is 0 Å². The zero-order valence-corrected chi connectivity index (χ0v) is 14.8. The Morgan fingerprint density at radius 1 is 1.23 bits per heavy atom. The SMILES string of the molecule is COc1cc(O)c2c(c1)/C=C/CC(O)C(O)C(=O)CC[C@@H](C)COC2=O. The first-order chi connectivity index (χ1) is 12.3. The van der Waals surface area contributed by atoms with Gasteiger partial charge in [0.25, 0.3) is 0 Å². The molecule has 0 amide bonds. The fourth-order valence-corrected chi connectivity index (χ4v) is 2.68. The number of phenolic OH excluding ortho intramolecular Hbond substituents is 1. The predicted molar refractivity (Wildman–Crippen MR) is 94.0 cm³/mol. The van der Waals surface area contributed by atoms with E-state index in [1.807, 2.05) is 6.92 Å². The molecule has 0 fully saturated rings. The highest BCUT2D eigenvalue weighted by atomic mass is 16.5. The van der Waals surface area contributed by atoms with Crippen LogP contribution < -0.4 is 4.74 Å². The Morgan fingerprint density at radius 2 is 1.96 bits per heavy atom. The lowest BCUT2D eigenvalue weighted by atomic mass is 9.97. The number of aliphatic hydroxyl groups is 2. The van der Waals surface area contributed by atoms with Gasteiger partial charge >= 0.3 is 5.97 Å². The van der Waals surface area contributed by atoms with E-state index in [0.717, 1.165) is 0 Å². The van der Waals surface area contributed by atoms with Crippen molar-refractivity contribution in [2.24, 2.45) is 5.92 Å². The molecule has 1 heterocycles. The number of hydrogen-bond acceptors (Lipinski definition) is 7. The quantitative estimate of drug-likeness (QED) is 0.650. The minimum Gasteiger partial charge on any atom is -0.507 e. The van der Waals surface area contributed by atoms with Gasteiger partial charge in [-0.1, -0.05) is 19.1 Å². The van der Waals surface area contributed by atoms with Gasteiger partial charge in [-0.3, -0.25) is 4.79 Å². The monoisotopic (exact) mass is 364 g/mol. The molecule has 0 saturated heterocycles. The van der Waals surface area contributed by atoms with E-state index in [1.165, 1.54) is 25.3 Å². The first-order valence-electron chi connectivity index (χ1n) is 8.47. The summed E-state index contributed by atoms with van der Waals surface area (Å²) in [4.78, 5) is 24.3. The molecule has 1 aliphatic heterocycles. The van der Waals surface area contributed by atoms with Crippen LogP contribution in [0, 0.1) is 5.92 Å². The summed E-state index contributed by atoms with van der Waals surface area (Å²) in [7, 11) is 1.43. The summed E-state index contributed by atoms with van der Waals surface area (Å²) in [6, 6.07) is 2.87. The van der Waals surface area contributed by atoms with Gasteiger partial charge in [-0.25, -0.2) is 4.79 Å². The summed E-state index contributed by atoms with van der Waals surface area (Å²) in [5, 5.41) is 30.1. The molecule has 0 bridgehead atoms. The number of cyclic esters (lactones) is 1. The second-order valence-electron chi connectivity index (χ2n) is 6.47. The highest BCUT2D eigenvalue weighted by Crippen LogP contribution is 2.30. The first kappa shape index (κ1) is 19.9. The Kier molecular flexibility index (Phi) is 6.76. The predicted octanol–water partition coefficient (Wildman–Crippen LogP) is 1.68. The third-order valence-corrected chi connectivity index (χ3v) is 4.31. The van der Waals surface area contributed by atoms with Gasteiger partial charge in [-0.05, 0) is 30.4 Å². The molecule has 7 heteroatoms. The van der Waals surface area contributed by atoms with E-state index >= 15 is 0 Å². The van der Waals surface area contributed by atoms with Crippen molar-refractivity contribution < 1.29 is 34.4 Å². The second kappa shape index (κ2) is 8.82. The van der Waals surface area contributed by atoms with Crippen LogP contribution in [0.5, 0.6) is 11.5 Å². The summed E-state index contributed by atoms with van der Waals surface area (Å²) in [5.74, 6) is -1.16. The average Bonchev–Trinajstić information content (AvgIpc) is 2.62. The molecule has 1 aromatic rings. The molecule has 0 radical (unpaired) electrons. The van der Waals surface area contributed by atoms with Crippen molar-refractivity contribution in [3.63, 3.8) is 0 Å². The van der Waals surface area contributed by atoms with Crippen molar-refractivity contribution >= 4 is 17.8 Å². The third-order valence-electron chi connectivity index (χ3n) is 4.31. The molecular weight excluding hydrogens is 340 g/mol. The minimum absolute atomic E-state index is 0.00239. The third kappa shape index (κ3) is 4.83. The fraction of sp³-hybridized carbons (Fsp3) is 0.474. The van der Waals surface area contributed by atoms with Gasteiger partial charge in [0.15, 0.2) is 5.78 Å². The Labute approximate surface area is 151 Å². The Hall–Kier alpha value is -2.38. The van der Waals surface area contributed by atoms with Gasteiger partial charge in [-0.2, -0.15) is 0 Å². The van der Waals surface area contributed by atoms with Crippen LogP contribution in [0.4, 0.5) is 0 Å². The van der Waals surface area contributed by atoms with Gasteiger partial charge < -0.3 is 24.8 Å². The fourth-order valence-electron chi connectivity index (χ4n) is 2.68. The van der Waals surface area contributed by atoms with Gasteiger partial charge in [0.1, 0.15) is 23.2 Å². The Morgan fingerprint density at radius 3 is 2.65 bits per heavy atom.